The van der Waals surface area contributed by atoms with Crippen LogP contribution in [0.2, 0.25) is 0 Å². The summed E-state index contributed by atoms with van der Waals surface area (Å²) in [6, 6.07) is 11.1. The van der Waals surface area contributed by atoms with Crippen LogP contribution in [0.4, 0.5) is 32.0 Å². The minimum atomic E-state index is -4.84. The summed E-state index contributed by atoms with van der Waals surface area (Å²) in [6.45, 7) is 0. The van der Waals surface area contributed by atoms with Gasteiger partial charge < -0.3 is 16.4 Å². The predicted octanol–water partition coefficient (Wildman–Crippen LogP) is 3.77. The summed E-state index contributed by atoms with van der Waals surface area (Å²) >= 11 is 0. The van der Waals surface area contributed by atoms with Crippen LogP contribution < -0.4 is 16.4 Å². The molecule has 2 unspecified atom stereocenters. The highest BCUT2D eigenvalue weighted by Gasteiger charge is 2.38. The molecule has 0 saturated carbocycles. The Kier molecular flexibility index (Phi) is 7.70. The van der Waals surface area contributed by atoms with Gasteiger partial charge in [0.25, 0.3) is 5.91 Å². The molecule has 0 bridgehead atoms. The number of halogens is 6. The van der Waals surface area contributed by atoms with Crippen molar-refractivity contribution in [3.63, 3.8) is 0 Å². The normalized spacial score (nSPS) is 16.8. The topological polar surface area (TPSA) is 114 Å². The Balaban J connectivity index is 2.02. The standard InChI is InChI=1S/C23H20F6N4O3/c24-22(25,26)10-9-13(11-16(30)34)20(35)33-19-21(36)32-18-14(7-4-8-15(18)23(27,28)29)17(31-19)12-5-2-1-3-6-12/h1-8,13,19H,9-11H2,(H2,30,34)(H,32,36)(H,33,35). The van der Waals surface area contributed by atoms with Crippen LogP contribution in [0, 0.1) is 5.92 Å². The molecular formula is C23H20F6N4O3. The number of carbonyl (C=O) groups is 3. The van der Waals surface area contributed by atoms with E-state index in [0.717, 1.165) is 12.1 Å². The molecule has 2 aromatic carbocycles. The van der Waals surface area contributed by atoms with E-state index in [1.807, 2.05) is 0 Å². The van der Waals surface area contributed by atoms with E-state index in [-0.39, 0.29) is 11.3 Å². The summed E-state index contributed by atoms with van der Waals surface area (Å²) in [5, 5.41) is 4.28. The second kappa shape index (κ2) is 10.4. The average molecular weight is 514 g/mol. The van der Waals surface area contributed by atoms with Gasteiger partial charge in [-0.15, -0.1) is 0 Å². The summed E-state index contributed by atoms with van der Waals surface area (Å²) < 4.78 is 79.1. The number of para-hydroxylation sites is 1. The summed E-state index contributed by atoms with van der Waals surface area (Å²) in [7, 11) is 0. The number of fused-ring (bicyclic) bond motifs is 1. The lowest BCUT2D eigenvalue weighted by Crippen LogP contribution is -2.45. The van der Waals surface area contributed by atoms with Crippen molar-refractivity contribution in [2.75, 3.05) is 5.32 Å². The molecule has 0 aromatic heterocycles. The number of nitrogens with two attached hydrogens (primary N) is 1. The van der Waals surface area contributed by atoms with Crippen molar-refractivity contribution in [2.24, 2.45) is 16.6 Å². The fourth-order valence-electron chi connectivity index (χ4n) is 3.65. The first-order valence-corrected chi connectivity index (χ1v) is 10.6. The molecule has 3 rings (SSSR count). The van der Waals surface area contributed by atoms with E-state index in [2.05, 4.69) is 15.6 Å². The van der Waals surface area contributed by atoms with E-state index in [0.29, 0.717) is 5.56 Å². The van der Waals surface area contributed by atoms with Crippen molar-refractivity contribution < 1.29 is 40.7 Å². The molecule has 3 amide bonds. The molecule has 1 heterocycles. The third kappa shape index (κ3) is 6.61. The van der Waals surface area contributed by atoms with Crippen LogP contribution in [0.15, 0.2) is 53.5 Å². The highest BCUT2D eigenvalue weighted by Crippen LogP contribution is 2.38. The van der Waals surface area contributed by atoms with Gasteiger partial charge in [0.15, 0.2) is 0 Å². The Labute approximate surface area is 200 Å². The quantitative estimate of drug-likeness (QED) is 0.489. The van der Waals surface area contributed by atoms with E-state index in [4.69, 9.17) is 5.73 Å². The number of hydrogen-bond donors (Lipinski definition) is 3. The molecular weight excluding hydrogens is 494 g/mol. The van der Waals surface area contributed by atoms with Gasteiger partial charge in [0.05, 0.1) is 17.0 Å². The smallest absolute Gasteiger partial charge is 0.370 e. The van der Waals surface area contributed by atoms with Gasteiger partial charge in [0, 0.05) is 29.9 Å². The number of primary amides is 1. The van der Waals surface area contributed by atoms with Crippen LogP contribution in [-0.2, 0) is 20.6 Å². The maximum Gasteiger partial charge on any atom is 0.418 e. The number of alkyl halides is 6. The molecule has 0 radical (unpaired) electrons. The van der Waals surface area contributed by atoms with Gasteiger partial charge in [-0.05, 0) is 12.5 Å². The fourth-order valence-corrected chi connectivity index (χ4v) is 3.65. The Hall–Kier alpha value is -3.90. The second-order valence-electron chi connectivity index (χ2n) is 7.99. The molecule has 1 aliphatic heterocycles. The molecule has 4 N–H and O–H groups in total. The molecule has 7 nitrogen and oxygen atoms in total. The number of hydrogen-bond acceptors (Lipinski definition) is 4. The molecule has 0 fully saturated rings. The van der Waals surface area contributed by atoms with Gasteiger partial charge in [-0.3, -0.25) is 14.4 Å². The number of amides is 3. The number of carbonyl (C=O) groups excluding carboxylic acids is 3. The monoisotopic (exact) mass is 514 g/mol. The maximum atomic E-state index is 13.7. The Morgan fingerprint density at radius 1 is 1.03 bits per heavy atom. The van der Waals surface area contributed by atoms with Crippen LogP contribution in [0.25, 0.3) is 0 Å². The van der Waals surface area contributed by atoms with Gasteiger partial charge in [-0.2, -0.15) is 26.3 Å². The first kappa shape index (κ1) is 26.7. The Morgan fingerprint density at radius 2 is 1.69 bits per heavy atom. The van der Waals surface area contributed by atoms with E-state index in [1.165, 1.54) is 18.2 Å². The van der Waals surface area contributed by atoms with Crippen LogP contribution in [0.1, 0.15) is 36.0 Å². The number of rotatable bonds is 7. The number of nitrogens with zero attached hydrogens (tertiary/aromatic N) is 1. The molecule has 1 aliphatic rings. The van der Waals surface area contributed by atoms with Crippen molar-refractivity contribution in [2.45, 2.75) is 37.8 Å². The summed E-state index contributed by atoms with van der Waals surface area (Å²) in [5.74, 6) is -4.86. The lowest BCUT2D eigenvalue weighted by molar-refractivity contribution is -0.143. The van der Waals surface area contributed by atoms with Crippen LogP contribution in [0.3, 0.4) is 0 Å². The minimum Gasteiger partial charge on any atom is -0.370 e. The number of benzene rings is 2. The van der Waals surface area contributed by atoms with Gasteiger partial charge in [0.2, 0.25) is 18.0 Å². The molecule has 36 heavy (non-hydrogen) atoms. The van der Waals surface area contributed by atoms with Crippen molar-refractivity contribution in [1.29, 1.82) is 0 Å². The lowest BCUT2D eigenvalue weighted by atomic mass is 9.97. The van der Waals surface area contributed by atoms with Crippen LogP contribution >= 0.6 is 0 Å². The number of aliphatic imine (C=N–C) groups is 1. The number of anilines is 1. The van der Waals surface area contributed by atoms with Gasteiger partial charge in [0.1, 0.15) is 0 Å². The third-order valence-electron chi connectivity index (χ3n) is 5.30. The molecule has 0 saturated heterocycles. The predicted molar refractivity (Wildman–Crippen MR) is 117 cm³/mol. The van der Waals surface area contributed by atoms with Gasteiger partial charge >= 0.3 is 12.4 Å². The van der Waals surface area contributed by atoms with Crippen molar-refractivity contribution >= 4 is 29.1 Å². The Morgan fingerprint density at radius 3 is 2.28 bits per heavy atom. The fraction of sp³-hybridized carbons (Fsp3) is 0.304. The highest BCUT2D eigenvalue weighted by atomic mass is 19.4. The van der Waals surface area contributed by atoms with E-state index in [1.54, 1.807) is 18.2 Å². The molecule has 0 spiro atoms. The minimum absolute atomic E-state index is 0.0675. The van der Waals surface area contributed by atoms with Crippen molar-refractivity contribution in [3.05, 3.63) is 65.2 Å². The molecule has 0 aliphatic carbocycles. The van der Waals surface area contributed by atoms with Crippen LogP contribution in [-0.4, -0.2) is 35.8 Å². The summed E-state index contributed by atoms with van der Waals surface area (Å²) in [4.78, 5) is 41.1. The summed E-state index contributed by atoms with van der Waals surface area (Å²) in [6.07, 6.45) is -14.2. The zero-order valence-corrected chi connectivity index (χ0v) is 18.4. The summed E-state index contributed by atoms with van der Waals surface area (Å²) in [5.41, 5.74) is 3.49. The highest BCUT2D eigenvalue weighted by molar-refractivity contribution is 6.20. The van der Waals surface area contributed by atoms with E-state index >= 15 is 0 Å². The second-order valence-corrected chi connectivity index (χ2v) is 7.99. The average Bonchev–Trinajstić information content (AvgIpc) is 2.91. The molecule has 2 aromatic rings. The third-order valence-corrected chi connectivity index (χ3v) is 5.30. The molecule has 2 atom stereocenters. The SMILES string of the molecule is NC(=O)CC(CCC(F)(F)F)C(=O)NC1N=C(c2ccccc2)c2cccc(C(F)(F)F)c2NC1=O. The van der Waals surface area contributed by atoms with Gasteiger partial charge in [-0.25, -0.2) is 4.99 Å². The molecule has 192 valence electrons. The van der Waals surface area contributed by atoms with Crippen molar-refractivity contribution in [1.82, 2.24) is 5.32 Å². The first-order valence-electron chi connectivity index (χ1n) is 10.6. The van der Waals surface area contributed by atoms with E-state index in [9.17, 15) is 40.7 Å². The lowest BCUT2D eigenvalue weighted by Gasteiger charge is -2.20. The van der Waals surface area contributed by atoms with Crippen molar-refractivity contribution in [3.8, 4) is 0 Å². The number of nitrogens with one attached hydrogen (secondary N) is 2. The van der Waals surface area contributed by atoms with Gasteiger partial charge in [-0.1, -0.05) is 42.5 Å². The number of benzodiazepines with no additional fused rings is 1. The zero-order valence-electron chi connectivity index (χ0n) is 18.4. The Bertz CT molecular complexity index is 1180. The van der Waals surface area contributed by atoms with Crippen LogP contribution in [0.5, 0.6) is 0 Å². The zero-order chi connectivity index (χ0) is 26.7. The largest absolute Gasteiger partial charge is 0.418 e. The van der Waals surface area contributed by atoms with E-state index < -0.39 is 72.7 Å². The maximum absolute atomic E-state index is 13.7. The molecule has 13 heteroatoms. The first-order chi connectivity index (χ1) is 16.8.